The van der Waals surface area contributed by atoms with Crippen molar-refractivity contribution in [2.24, 2.45) is 0 Å². The predicted octanol–water partition coefficient (Wildman–Crippen LogP) is 6.28. The number of carboxylic acid groups (broad SMARTS) is 1. The van der Waals surface area contributed by atoms with E-state index in [0.29, 0.717) is 6.42 Å². The summed E-state index contributed by atoms with van der Waals surface area (Å²) < 4.78 is 12.8. The summed E-state index contributed by atoms with van der Waals surface area (Å²) in [7, 11) is 0. The van der Waals surface area contributed by atoms with Crippen molar-refractivity contribution in [3.63, 3.8) is 0 Å². The van der Waals surface area contributed by atoms with Crippen LogP contribution < -0.4 is 0 Å². The van der Waals surface area contributed by atoms with Crippen LogP contribution in [0.25, 0.3) is 0 Å². The van der Waals surface area contributed by atoms with Crippen LogP contribution in [0.3, 0.4) is 0 Å². The summed E-state index contributed by atoms with van der Waals surface area (Å²) in [5, 5.41) is 8.41. The lowest BCUT2D eigenvalue weighted by atomic mass is 10.0. The van der Waals surface area contributed by atoms with E-state index < -0.39 is 12.1 Å². The summed E-state index contributed by atoms with van der Waals surface area (Å²) in [6, 6.07) is 0. The smallest absolute Gasteiger partial charge is 0.338 e. The van der Waals surface area contributed by atoms with Gasteiger partial charge in [0.25, 0.3) is 0 Å². The number of aliphatic carboxylic acids is 1. The van der Waals surface area contributed by atoms with Gasteiger partial charge in [-0.25, -0.2) is 9.18 Å². The molecule has 0 aliphatic heterocycles. The third kappa shape index (κ3) is 15.6. The van der Waals surface area contributed by atoms with Crippen LogP contribution in [0.15, 0.2) is 0 Å². The number of halogens is 1. The first-order valence-electron chi connectivity index (χ1n) is 9.05. The second kappa shape index (κ2) is 15.8. The molecule has 0 aliphatic rings. The Balaban J connectivity index is 3.04. The Bertz CT molecular complexity index is 231. The molecule has 0 fully saturated rings. The first-order chi connectivity index (χ1) is 10.2. The van der Waals surface area contributed by atoms with Crippen molar-refractivity contribution >= 4 is 5.97 Å². The summed E-state index contributed by atoms with van der Waals surface area (Å²) in [5.74, 6) is -1.32. The van der Waals surface area contributed by atoms with Gasteiger partial charge in [0.15, 0.2) is 6.17 Å². The van der Waals surface area contributed by atoms with Gasteiger partial charge in [-0.1, -0.05) is 90.4 Å². The molecule has 0 spiro atoms. The van der Waals surface area contributed by atoms with Crippen LogP contribution in [0.1, 0.15) is 103 Å². The van der Waals surface area contributed by atoms with Gasteiger partial charge in [0, 0.05) is 0 Å². The summed E-state index contributed by atoms with van der Waals surface area (Å²) in [6.07, 6.45) is 16.1. The number of unbranched alkanes of at least 4 members (excludes halogenated alkanes) is 13. The van der Waals surface area contributed by atoms with E-state index in [2.05, 4.69) is 6.92 Å². The average Bonchev–Trinajstić information content (AvgIpc) is 2.47. The highest BCUT2D eigenvalue weighted by Gasteiger charge is 2.13. The van der Waals surface area contributed by atoms with Crippen molar-refractivity contribution in [2.75, 3.05) is 0 Å². The Morgan fingerprint density at radius 2 is 1.10 bits per heavy atom. The van der Waals surface area contributed by atoms with E-state index in [1.54, 1.807) is 0 Å². The van der Waals surface area contributed by atoms with Gasteiger partial charge >= 0.3 is 5.97 Å². The van der Waals surface area contributed by atoms with Crippen molar-refractivity contribution in [1.82, 2.24) is 0 Å². The molecule has 0 bridgehead atoms. The van der Waals surface area contributed by atoms with Crippen LogP contribution in [0.4, 0.5) is 4.39 Å². The highest BCUT2D eigenvalue weighted by Crippen LogP contribution is 2.14. The third-order valence-electron chi connectivity index (χ3n) is 4.08. The van der Waals surface area contributed by atoms with Gasteiger partial charge in [0.05, 0.1) is 0 Å². The molecule has 1 N–H and O–H groups in total. The number of hydrogen-bond donors (Lipinski definition) is 1. The second-order valence-corrected chi connectivity index (χ2v) is 6.19. The molecule has 0 amide bonds. The minimum atomic E-state index is -1.66. The number of carboxylic acids is 1. The van der Waals surface area contributed by atoms with Crippen molar-refractivity contribution in [2.45, 2.75) is 109 Å². The maximum absolute atomic E-state index is 12.8. The molecule has 0 aromatic carbocycles. The van der Waals surface area contributed by atoms with Gasteiger partial charge in [-0.15, -0.1) is 0 Å². The average molecular weight is 301 g/mol. The fraction of sp³-hybridized carbons (Fsp3) is 0.944. The normalized spacial score (nSPS) is 12.5. The monoisotopic (exact) mass is 301 g/mol. The highest BCUT2D eigenvalue weighted by molar-refractivity contribution is 5.71. The van der Waals surface area contributed by atoms with Crippen LogP contribution in [-0.4, -0.2) is 17.2 Å². The second-order valence-electron chi connectivity index (χ2n) is 6.19. The number of carbonyl (C=O) groups is 1. The number of alkyl halides is 1. The molecular weight excluding hydrogens is 266 g/mol. The summed E-state index contributed by atoms with van der Waals surface area (Å²) in [4.78, 5) is 10.3. The van der Waals surface area contributed by atoms with E-state index in [9.17, 15) is 9.18 Å². The Kier molecular flexibility index (Phi) is 15.3. The summed E-state index contributed by atoms with van der Waals surface area (Å²) in [5.41, 5.74) is 0. The van der Waals surface area contributed by atoms with Crippen LogP contribution >= 0.6 is 0 Å². The zero-order chi connectivity index (χ0) is 15.8. The zero-order valence-corrected chi connectivity index (χ0v) is 13.9. The summed E-state index contributed by atoms with van der Waals surface area (Å²) >= 11 is 0. The van der Waals surface area contributed by atoms with E-state index in [-0.39, 0.29) is 6.42 Å². The molecule has 0 saturated heterocycles. The number of hydrogen-bond acceptors (Lipinski definition) is 1. The third-order valence-corrected chi connectivity index (χ3v) is 4.08. The Morgan fingerprint density at radius 3 is 1.43 bits per heavy atom. The first kappa shape index (κ1) is 20.4. The van der Waals surface area contributed by atoms with Crippen LogP contribution in [-0.2, 0) is 4.79 Å². The van der Waals surface area contributed by atoms with E-state index in [4.69, 9.17) is 5.11 Å². The van der Waals surface area contributed by atoms with E-state index in [0.717, 1.165) is 12.8 Å². The fourth-order valence-electron chi connectivity index (χ4n) is 2.64. The molecule has 1 atom stereocenters. The van der Waals surface area contributed by atoms with Crippen molar-refractivity contribution in [3.8, 4) is 0 Å². The van der Waals surface area contributed by atoms with Crippen molar-refractivity contribution < 1.29 is 14.3 Å². The van der Waals surface area contributed by atoms with Crippen LogP contribution in [0.5, 0.6) is 0 Å². The van der Waals surface area contributed by atoms with E-state index in [1.807, 2.05) is 0 Å². The fourth-order valence-corrected chi connectivity index (χ4v) is 2.64. The molecule has 0 heterocycles. The lowest BCUT2D eigenvalue weighted by Gasteiger charge is -2.04. The molecule has 1 unspecified atom stereocenters. The Morgan fingerprint density at radius 1 is 0.762 bits per heavy atom. The largest absolute Gasteiger partial charge is 0.479 e. The van der Waals surface area contributed by atoms with Gasteiger partial charge in [0.2, 0.25) is 0 Å². The van der Waals surface area contributed by atoms with Crippen molar-refractivity contribution in [1.29, 1.82) is 0 Å². The molecular formula is C18H35FO2. The lowest BCUT2D eigenvalue weighted by Crippen LogP contribution is -2.13. The number of rotatable bonds is 16. The highest BCUT2D eigenvalue weighted by atomic mass is 18.2. The molecule has 0 aromatic rings. The molecule has 0 rings (SSSR count). The Labute approximate surface area is 130 Å². The Hall–Kier alpha value is -0.600. The molecule has 3 heteroatoms. The SMILES string of the molecule is CCCCCCCCCCCCCCCCC([18F])C(=O)O. The van der Waals surface area contributed by atoms with Crippen LogP contribution in [0.2, 0.25) is 0 Å². The molecule has 21 heavy (non-hydrogen) atoms. The minimum absolute atomic E-state index is 0.174. The van der Waals surface area contributed by atoms with Crippen LogP contribution in [0, 0.1) is 0 Å². The van der Waals surface area contributed by atoms with Crippen molar-refractivity contribution in [3.05, 3.63) is 0 Å². The molecule has 0 saturated carbocycles. The zero-order valence-electron chi connectivity index (χ0n) is 13.9. The topological polar surface area (TPSA) is 37.3 Å². The van der Waals surface area contributed by atoms with E-state index >= 15 is 0 Å². The molecule has 126 valence electrons. The molecule has 0 aromatic heterocycles. The molecule has 0 radical (unpaired) electrons. The first-order valence-corrected chi connectivity index (χ1v) is 9.05. The maximum atomic E-state index is 12.8. The summed E-state index contributed by atoms with van der Waals surface area (Å²) in [6.45, 7) is 2.25. The van der Waals surface area contributed by atoms with Gasteiger partial charge in [-0.3, -0.25) is 0 Å². The molecule has 0 aliphatic carbocycles. The lowest BCUT2D eigenvalue weighted by molar-refractivity contribution is -0.143. The standard InChI is InChI=1S/C18H35FO2/c1-2-3-4-5-6-7-8-9-10-11-12-13-14-15-16-17(19)18(20)21/h17H,2-16H2,1H3,(H,20,21)/i19-1. The molecule has 2 nitrogen and oxygen atoms in total. The van der Waals surface area contributed by atoms with Gasteiger partial charge in [-0.2, -0.15) is 0 Å². The van der Waals surface area contributed by atoms with Gasteiger partial charge in [0.1, 0.15) is 0 Å². The minimum Gasteiger partial charge on any atom is -0.479 e. The van der Waals surface area contributed by atoms with Gasteiger partial charge < -0.3 is 5.11 Å². The quantitative estimate of drug-likeness (QED) is 0.341. The maximum Gasteiger partial charge on any atom is 0.338 e. The van der Waals surface area contributed by atoms with E-state index in [1.165, 1.54) is 70.6 Å². The predicted molar refractivity (Wildman–Crippen MR) is 87.5 cm³/mol. The van der Waals surface area contributed by atoms with Gasteiger partial charge in [-0.05, 0) is 12.8 Å².